The number of ether oxygens (including phenoxy) is 1. The van der Waals surface area contributed by atoms with E-state index in [0.29, 0.717) is 13.1 Å². The third kappa shape index (κ3) is 3.95. The first-order valence-corrected chi connectivity index (χ1v) is 5.84. The molecule has 1 aromatic heterocycles. The molecule has 108 valence electrons. The van der Waals surface area contributed by atoms with Gasteiger partial charge in [-0.15, -0.1) is 13.2 Å². The maximum Gasteiger partial charge on any atom is 0.573 e. The molecule has 0 fully saturated rings. The summed E-state index contributed by atoms with van der Waals surface area (Å²) >= 11 is 0. The fourth-order valence-corrected chi connectivity index (χ4v) is 1.68. The highest BCUT2D eigenvalue weighted by molar-refractivity contribution is 5.27. The second kappa shape index (κ2) is 5.91. The second-order valence-electron chi connectivity index (χ2n) is 4.06. The Bertz CT molecular complexity index is 551. The Kier molecular flexibility index (Phi) is 4.23. The van der Waals surface area contributed by atoms with Gasteiger partial charge in [0.25, 0.3) is 0 Å². The molecule has 0 unspecified atom stereocenters. The Morgan fingerprint density at radius 1 is 1.25 bits per heavy atom. The minimum atomic E-state index is -4.67. The highest BCUT2D eigenvalue weighted by atomic mass is 19.4. The molecule has 0 bridgehead atoms. The molecule has 5 nitrogen and oxygen atoms in total. The van der Waals surface area contributed by atoms with Gasteiger partial charge < -0.3 is 10.1 Å². The molecule has 0 spiro atoms. The first-order valence-electron chi connectivity index (χ1n) is 5.84. The fraction of sp³-hybridized carbons (Fsp3) is 0.333. The average molecular weight is 286 g/mol. The van der Waals surface area contributed by atoms with Crippen molar-refractivity contribution in [2.75, 3.05) is 7.05 Å². The number of nitrogens with zero attached hydrogens (tertiary/aromatic N) is 3. The van der Waals surface area contributed by atoms with Crippen molar-refractivity contribution in [1.29, 1.82) is 0 Å². The molecule has 1 aromatic carbocycles. The summed E-state index contributed by atoms with van der Waals surface area (Å²) in [5, 5.41) is 7.03. The molecule has 0 aliphatic rings. The van der Waals surface area contributed by atoms with Crippen LogP contribution < -0.4 is 10.1 Å². The number of hydrogen-bond acceptors (Lipinski definition) is 4. The molecule has 1 N–H and O–H groups in total. The van der Waals surface area contributed by atoms with Gasteiger partial charge in [0.2, 0.25) is 0 Å². The Labute approximate surface area is 113 Å². The van der Waals surface area contributed by atoms with E-state index in [9.17, 15) is 13.2 Å². The Balaban J connectivity index is 2.05. The Morgan fingerprint density at radius 2 is 1.95 bits per heavy atom. The average Bonchev–Trinajstić information content (AvgIpc) is 2.78. The molecule has 20 heavy (non-hydrogen) atoms. The molecule has 0 amide bonds. The summed E-state index contributed by atoms with van der Waals surface area (Å²) in [5.41, 5.74) is 0.808. The highest BCUT2D eigenvalue weighted by Crippen LogP contribution is 2.22. The van der Waals surface area contributed by atoms with Gasteiger partial charge in [-0.3, -0.25) is 0 Å². The topological polar surface area (TPSA) is 52.0 Å². The van der Waals surface area contributed by atoms with E-state index in [1.807, 2.05) is 0 Å². The van der Waals surface area contributed by atoms with Gasteiger partial charge in [-0.05, 0) is 24.7 Å². The van der Waals surface area contributed by atoms with Gasteiger partial charge in [0.05, 0.1) is 13.1 Å². The SMILES string of the molecule is CNCc1ncnn1Cc1ccc(OC(F)(F)F)cc1. The molecule has 0 aliphatic carbocycles. The number of rotatable bonds is 5. The first kappa shape index (κ1) is 14.3. The minimum absolute atomic E-state index is 0.240. The zero-order valence-corrected chi connectivity index (χ0v) is 10.7. The lowest BCUT2D eigenvalue weighted by Gasteiger charge is -2.10. The Hall–Kier alpha value is -2.09. The van der Waals surface area contributed by atoms with Crippen LogP contribution in [0.3, 0.4) is 0 Å². The van der Waals surface area contributed by atoms with Crippen LogP contribution >= 0.6 is 0 Å². The van der Waals surface area contributed by atoms with E-state index in [4.69, 9.17) is 0 Å². The van der Waals surface area contributed by atoms with Gasteiger partial charge in [0.1, 0.15) is 17.9 Å². The highest BCUT2D eigenvalue weighted by Gasteiger charge is 2.30. The van der Waals surface area contributed by atoms with E-state index in [2.05, 4.69) is 20.1 Å². The van der Waals surface area contributed by atoms with E-state index >= 15 is 0 Å². The molecule has 8 heteroatoms. The van der Waals surface area contributed by atoms with Crippen molar-refractivity contribution in [3.8, 4) is 5.75 Å². The number of benzene rings is 1. The lowest BCUT2D eigenvalue weighted by atomic mass is 10.2. The number of halogens is 3. The number of hydrogen-bond donors (Lipinski definition) is 1. The van der Waals surface area contributed by atoms with Gasteiger partial charge in [0.15, 0.2) is 0 Å². The van der Waals surface area contributed by atoms with E-state index in [1.165, 1.54) is 18.5 Å². The first-order chi connectivity index (χ1) is 9.48. The predicted molar refractivity (Wildman–Crippen MR) is 65.0 cm³/mol. The van der Waals surface area contributed by atoms with Crippen molar-refractivity contribution < 1.29 is 17.9 Å². The van der Waals surface area contributed by atoms with Crippen molar-refractivity contribution >= 4 is 0 Å². The zero-order chi connectivity index (χ0) is 14.6. The standard InChI is InChI=1S/C12H13F3N4O/c1-16-6-11-17-8-18-19(11)7-9-2-4-10(5-3-9)20-12(13,14)15/h2-5,8,16H,6-7H2,1H3. The summed E-state index contributed by atoms with van der Waals surface area (Å²) in [6.45, 7) is 0.999. The van der Waals surface area contributed by atoms with Crippen molar-refractivity contribution in [2.24, 2.45) is 0 Å². The summed E-state index contributed by atoms with van der Waals surface area (Å²) in [4.78, 5) is 4.08. The van der Waals surface area contributed by atoms with Crippen molar-refractivity contribution in [2.45, 2.75) is 19.5 Å². The van der Waals surface area contributed by atoms with Gasteiger partial charge in [-0.1, -0.05) is 12.1 Å². The van der Waals surface area contributed by atoms with Gasteiger partial charge in [-0.25, -0.2) is 9.67 Å². The summed E-state index contributed by atoms with van der Waals surface area (Å²) in [5.74, 6) is 0.512. The fourth-order valence-electron chi connectivity index (χ4n) is 1.68. The van der Waals surface area contributed by atoms with Crippen LogP contribution in [0.25, 0.3) is 0 Å². The summed E-state index contributed by atoms with van der Waals surface area (Å²) in [7, 11) is 1.79. The molecular formula is C12H13F3N4O. The monoisotopic (exact) mass is 286 g/mol. The van der Waals surface area contributed by atoms with E-state index in [0.717, 1.165) is 11.4 Å². The van der Waals surface area contributed by atoms with Crippen LogP contribution in [0, 0.1) is 0 Å². The third-order valence-electron chi connectivity index (χ3n) is 2.52. The summed E-state index contributed by atoms with van der Waals surface area (Å²) in [6.07, 6.45) is -3.23. The zero-order valence-electron chi connectivity index (χ0n) is 10.7. The molecule has 0 saturated carbocycles. The maximum absolute atomic E-state index is 12.0. The number of alkyl halides is 3. The molecular weight excluding hydrogens is 273 g/mol. The van der Waals surface area contributed by atoms with Crippen LogP contribution in [0.5, 0.6) is 5.75 Å². The Morgan fingerprint density at radius 3 is 2.55 bits per heavy atom. The van der Waals surface area contributed by atoms with Crippen LogP contribution in [-0.4, -0.2) is 28.2 Å². The van der Waals surface area contributed by atoms with Crippen LogP contribution in [0.4, 0.5) is 13.2 Å². The van der Waals surface area contributed by atoms with Gasteiger partial charge in [0, 0.05) is 0 Å². The molecule has 0 saturated heterocycles. The lowest BCUT2D eigenvalue weighted by Crippen LogP contribution is -2.17. The van der Waals surface area contributed by atoms with Crippen molar-refractivity contribution in [3.63, 3.8) is 0 Å². The quantitative estimate of drug-likeness (QED) is 0.912. The lowest BCUT2D eigenvalue weighted by molar-refractivity contribution is -0.274. The van der Waals surface area contributed by atoms with Crippen LogP contribution in [0.15, 0.2) is 30.6 Å². The molecule has 2 aromatic rings. The molecule has 0 aliphatic heterocycles. The maximum atomic E-state index is 12.0. The van der Waals surface area contributed by atoms with Crippen molar-refractivity contribution in [3.05, 3.63) is 42.0 Å². The minimum Gasteiger partial charge on any atom is -0.406 e. The van der Waals surface area contributed by atoms with E-state index in [-0.39, 0.29) is 5.75 Å². The number of nitrogens with one attached hydrogen (secondary N) is 1. The molecule has 1 heterocycles. The molecule has 0 radical (unpaired) electrons. The van der Waals surface area contributed by atoms with Gasteiger partial charge in [-0.2, -0.15) is 5.10 Å². The number of aromatic nitrogens is 3. The largest absolute Gasteiger partial charge is 0.573 e. The molecule has 0 atom stereocenters. The van der Waals surface area contributed by atoms with Crippen molar-refractivity contribution in [1.82, 2.24) is 20.1 Å². The summed E-state index contributed by atoms with van der Waals surface area (Å²) < 4.78 is 41.6. The normalized spacial score (nSPS) is 11.6. The van der Waals surface area contributed by atoms with Crippen LogP contribution in [0.2, 0.25) is 0 Å². The van der Waals surface area contributed by atoms with Gasteiger partial charge >= 0.3 is 6.36 Å². The second-order valence-corrected chi connectivity index (χ2v) is 4.06. The van der Waals surface area contributed by atoms with E-state index in [1.54, 1.807) is 23.9 Å². The smallest absolute Gasteiger partial charge is 0.406 e. The van der Waals surface area contributed by atoms with Crippen LogP contribution in [0.1, 0.15) is 11.4 Å². The summed E-state index contributed by atoms with van der Waals surface area (Å²) in [6, 6.07) is 5.67. The third-order valence-corrected chi connectivity index (χ3v) is 2.52. The van der Waals surface area contributed by atoms with E-state index < -0.39 is 6.36 Å². The predicted octanol–water partition coefficient (Wildman–Crippen LogP) is 1.94. The molecule has 2 rings (SSSR count). The van der Waals surface area contributed by atoms with Crippen LogP contribution in [-0.2, 0) is 13.1 Å².